The third kappa shape index (κ3) is 5.38. The number of nitrogens with zero attached hydrogens (tertiary/aromatic N) is 2. The van der Waals surface area contributed by atoms with Gasteiger partial charge in [-0.2, -0.15) is 0 Å². The van der Waals surface area contributed by atoms with Gasteiger partial charge in [0.2, 0.25) is 5.91 Å². The number of ether oxygens (including phenoxy) is 1. The van der Waals surface area contributed by atoms with E-state index < -0.39 is 0 Å². The monoisotopic (exact) mass is 423 g/mol. The summed E-state index contributed by atoms with van der Waals surface area (Å²) in [5.41, 5.74) is 2.67. The van der Waals surface area contributed by atoms with Gasteiger partial charge in [0, 0.05) is 36.2 Å². The number of carbonyl (C=O) groups is 1. The highest BCUT2D eigenvalue weighted by Crippen LogP contribution is 2.32. The normalized spacial score (nSPS) is 14.8. The van der Waals surface area contributed by atoms with E-state index in [1.54, 1.807) is 18.2 Å². The van der Waals surface area contributed by atoms with Crippen molar-refractivity contribution in [1.82, 2.24) is 9.88 Å². The Morgan fingerprint density at radius 3 is 2.60 bits per heavy atom. The summed E-state index contributed by atoms with van der Waals surface area (Å²) in [6.07, 6.45) is 3.08. The van der Waals surface area contributed by atoms with Crippen molar-refractivity contribution in [2.75, 3.05) is 31.6 Å². The smallest absolute Gasteiger partial charge is 0.250 e. The number of amides is 1. The molecule has 5 nitrogen and oxygen atoms in total. The Bertz CT molecular complexity index is 1010. The van der Waals surface area contributed by atoms with Crippen LogP contribution in [0.25, 0.3) is 17.3 Å². The Balaban J connectivity index is 1.51. The van der Waals surface area contributed by atoms with Gasteiger partial charge in [-0.15, -0.1) is 0 Å². The van der Waals surface area contributed by atoms with Gasteiger partial charge in [0.05, 0.1) is 18.9 Å². The number of halogens is 1. The zero-order chi connectivity index (χ0) is 20.8. The van der Waals surface area contributed by atoms with Crippen LogP contribution in [0, 0.1) is 5.82 Å². The first kappa shape index (κ1) is 20.4. The fourth-order valence-corrected chi connectivity index (χ4v) is 4.22. The number of hydrogen-bond donors (Lipinski definition) is 1. The highest BCUT2D eigenvalue weighted by atomic mass is 32.1. The van der Waals surface area contributed by atoms with E-state index in [1.807, 2.05) is 30.3 Å². The molecule has 0 spiro atoms. The molecule has 0 atom stereocenters. The fraction of sp³-hybridized carbons (Fsp3) is 0.217. The molecule has 1 aliphatic heterocycles. The number of morpholine rings is 1. The third-order valence-electron chi connectivity index (χ3n) is 4.74. The van der Waals surface area contributed by atoms with Gasteiger partial charge in [-0.3, -0.25) is 15.0 Å². The molecule has 0 saturated carbocycles. The van der Waals surface area contributed by atoms with Crippen molar-refractivity contribution in [2.45, 2.75) is 6.54 Å². The summed E-state index contributed by atoms with van der Waals surface area (Å²) in [5, 5.41) is 3.42. The minimum atomic E-state index is -0.305. The summed E-state index contributed by atoms with van der Waals surface area (Å²) in [7, 11) is 0. The predicted molar refractivity (Wildman–Crippen MR) is 118 cm³/mol. The first-order chi connectivity index (χ1) is 14.7. The summed E-state index contributed by atoms with van der Waals surface area (Å²) in [4.78, 5) is 20.5. The number of nitrogens with one attached hydrogen (secondary N) is 1. The lowest BCUT2D eigenvalue weighted by atomic mass is 10.1. The number of benzene rings is 2. The molecule has 1 saturated heterocycles. The number of anilines is 1. The molecule has 1 aromatic heterocycles. The molecule has 0 unspecified atom stereocenters. The van der Waals surface area contributed by atoms with Crippen molar-refractivity contribution in [3.63, 3.8) is 0 Å². The second-order valence-electron chi connectivity index (χ2n) is 6.92. The molecule has 1 aliphatic rings. The van der Waals surface area contributed by atoms with Gasteiger partial charge >= 0.3 is 0 Å². The van der Waals surface area contributed by atoms with Crippen LogP contribution in [-0.2, 0) is 16.1 Å². The second kappa shape index (κ2) is 9.75. The maximum absolute atomic E-state index is 13.0. The number of hydrogen-bond acceptors (Lipinski definition) is 5. The molecule has 1 amide bonds. The molecule has 1 N–H and O–H groups in total. The summed E-state index contributed by atoms with van der Waals surface area (Å²) in [6, 6.07) is 16.0. The van der Waals surface area contributed by atoms with Crippen LogP contribution in [0.15, 0.2) is 60.7 Å². The highest BCUT2D eigenvalue weighted by Gasteiger charge is 2.18. The lowest BCUT2D eigenvalue weighted by molar-refractivity contribution is -0.111. The van der Waals surface area contributed by atoms with E-state index in [0.717, 1.165) is 54.5 Å². The van der Waals surface area contributed by atoms with Gasteiger partial charge in [0.1, 0.15) is 5.82 Å². The summed E-state index contributed by atoms with van der Waals surface area (Å²) < 4.78 is 18.4. The van der Waals surface area contributed by atoms with Crippen molar-refractivity contribution in [1.29, 1.82) is 0 Å². The summed E-state index contributed by atoms with van der Waals surface area (Å²) in [6.45, 7) is 4.00. The average Bonchev–Trinajstić information content (AvgIpc) is 3.16. The molecule has 4 rings (SSSR count). The van der Waals surface area contributed by atoms with E-state index in [4.69, 9.17) is 9.72 Å². The number of aromatic nitrogens is 1. The van der Waals surface area contributed by atoms with Crippen LogP contribution in [-0.4, -0.2) is 42.1 Å². The molecule has 3 aromatic rings. The summed E-state index contributed by atoms with van der Waals surface area (Å²) in [5.74, 6) is -0.578. The Labute approximate surface area is 178 Å². The first-order valence-corrected chi connectivity index (χ1v) is 10.6. The zero-order valence-electron chi connectivity index (χ0n) is 16.4. The third-order valence-corrected chi connectivity index (χ3v) is 5.70. The molecular formula is C23H22FN3O2S. The topological polar surface area (TPSA) is 54.5 Å². The zero-order valence-corrected chi connectivity index (χ0v) is 17.2. The van der Waals surface area contributed by atoms with Crippen LogP contribution in [0.3, 0.4) is 0 Å². The van der Waals surface area contributed by atoms with Crippen LogP contribution in [0.1, 0.15) is 10.4 Å². The lowest BCUT2D eigenvalue weighted by Gasteiger charge is -2.26. The van der Waals surface area contributed by atoms with Crippen molar-refractivity contribution >= 4 is 28.5 Å². The van der Waals surface area contributed by atoms with E-state index in [0.29, 0.717) is 5.13 Å². The highest BCUT2D eigenvalue weighted by molar-refractivity contribution is 7.16. The number of thiazole rings is 1. The molecular weight excluding hydrogens is 401 g/mol. The molecule has 0 aliphatic carbocycles. The van der Waals surface area contributed by atoms with E-state index in [2.05, 4.69) is 10.2 Å². The van der Waals surface area contributed by atoms with E-state index in [-0.39, 0.29) is 11.7 Å². The number of rotatable bonds is 6. The van der Waals surface area contributed by atoms with Gasteiger partial charge in [0.25, 0.3) is 0 Å². The lowest BCUT2D eigenvalue weighted by Crippen LogP contribution is -2.35. The van der Waals surface area contributed by atoms with Crippen LogP contribution in [0.5, 0.6) is 0 Å². The van der Waals surface area contributed by atoms with Crippen LogP contribution >= 0.6 is 11.3 Å². The second-order valence-corrected chi connectivity index (χ2v) is 8.00. The minimum Gasteiger partial charge on any atom is -0.379 e. The molecule has 7 heteroatoms. The van der Waals surface area contributed by atoms with Crippen molar-refractivity contribution in [3.8, 4) is 11.3 Å². The quantitative estimate of drug-likeness (QED) is 0.596. The molecule has 2 aromatic carbocycles. The maximum Gasteiger partial charge on any atom is 0.250 e. The van der Waals surface area contributed by atoms with Crippen molar-refractivity contribution in [2.24, 2.45) is 0 Å². The van der Waals surface area contributed by atoms with Gasteiger partial charge in [-0.25, -0.2) is 9.37 Å². The van der Waals surface area contributed by atoms with Crippen LogP contribution in [0.4, 0.5) is 9.52 Å². The molecule has 30 heavy (non-hydrogen) atoms. The Morgan fingerprint density at radius 1 is 1.13 bits per heavy atom. The number of carbonyl (C=O) groups excluding carboxylic acids is 1. The molecule has 1 fully saturated rings. The van der Waals surface area contributed by atoms with Crippen molar-refractivity contribution in [3.05, 3.63) is 76.9 Å². The Morgan fingerprint density at radius 2 is 1.87 bits per heavy atom. The van der Waals surface area contributed by atoms with Gasteiger partial charge < -0.3 is 4.74 Å². The van der Waals surface area contributed by atoms with Gasteiger partial charge in [-0.1, -0.05) is 53.8 Å². The van der Waals surface area contributed by atoms with Crippen LogP contribution in [0.2, 0.25) is 0 Å². The van der Waals surface area contributed by atoms with E-state index in [9.17, 15) is 9.18 Å². The standard InChI is InChI=1S/C23H22FN3O2S/c24-19-9-6-17(7-10-19)8-11-21(28)25-23-26-22(18-4-2-1-3-5-18)20(30-23)16-27-12-14-29-15-13-27/h1-11H,12-16H2,(H,25,26,28)/b11-8+. The summed E-state index contributed by atoms with van der Waals surface area (Å²) >= 11 is 1.49. The predicted octanol–water partition coefficient (Wildman–Crippen LogP) is 4.43. The maximum atomic E-state index is 13.0. The Kier molecular flexibility index (Phi) is 6.63. The van der Waals surface area contributed by atoms with Gasteiger partial charge in [-0.05, 0) is 23.8 Å². The first-order valence-electron chi connectivity index (χ1n) is 9.77. The van der Waals surface area contributed by atoms with Crippen LogP contribution < -0.4 is 5.32 Å². The largest absolute Gasteiger partial charge is 0.379 e. The van der Waals surface area contributed by atoms with Gasteiger partial charge in [0.15, 0.2) is 5.13 Å². The molecule has 154 valence electrons. The Hall–Kier alpha value is -2.87. The minimum absolute atomic E-state index is 0.273. The van der Waals surface area contributed by atoms with E-state index >= 15 is 0 Å². The fourth-order valence-electron chi connectivity index (χ4n) is 3.19. The molecule has 0 radical (unpaired) electrons. The molecule has 0 bridgehead atoms. The van der Waals surface area contributed by atoms with E-state index in [1.165, 1.54) is 29.5 Å². The average molecular weight is 424 g/mol. The SMILES string of the molecule is O=C(/C=C/c1ccc(F)cc1)Nc1nc(-c2ccccc2)c(CN2CCOCC2)s1. The van der Waals surface area contributed by atoms with Crippen molar-refractivity contribution < 1.29 is 13.9 Å². The molecule has 2 heterocycles.